The molecule has 1 aromatic heterocycles. The number of rotatable bonds is 2. The van der Waals surface area contributed by atoms with Crippen LogP contribution >= 0.6 is 0 Å². The Kier molecular flexibility index (Phi) is 3.62. The zero-order valence-electron chi connectivity index (χ0n) is 12.6. The minimum atomic E-state index is 0.554. The first-order valence-electron chi connectivity index (χ1n) is 7.46. The fraction of sp³-hybridized carbons (Fsp3) is 0.471. The van der Waals surface area contributed by atoms with Gasteiger partial charge in [-0.1, -0.05) is 26.0 Å². The molecule has 1 aliphatic heterocycles. The van der Waals surface area contributed by atoms with E-state index in [2.05, 4.69) is 59.9 Å². The summed E-state index contributed by atoms with van der Waals surface area (Å²) in [6.07, 6.45) is 2.03. The fourth-order valence-corrected chi connectivity index (χ4v) is 2.72. The highest BCUT2D eigenvalue weighted by atomic mass is 15.2. The molecule has 3 nitrogen and oxygen atoms in total. The zero-order chi connectivity index (χ0) is 14.1. The van der Waals surface area contributed by atoms with Gasteiger partial charge >= 0.3 is 0 Å². The van der Waals surface area contributed by atoms with Crippen LogP contribution in [0.25, 0.3) is 10.9 Å². The van der Waals surface area contributed by atoms with Gasteiger partial charge in [0.15, 0.2) is 0 Å². The van der Waals surface area contributed by atoms with E-state index < -0.39 is 0 Å². The van der Waals surface area contributed by atoms with Crippen LogP contribution in [0.1, 0.15) is 25.3 Å². The summed E-state index contributed by atoms with van der Waals surface area (Å²) in [5.74, 6) is 0.554. The molecule has 0 atom stereocenters. The summed E-state index contributed by atoms with van der Waals surface area (Å²) in [4.78, 5) is 9.47. The Morgan fingerprint density at radius 2 is 1.80 bits per heavy atom. The van der Waals surface area contributed by atoms with Crippen molar-refractivity contribution in [3.8, 4) is 0 Å². The van der Waals surface area contributed by atoms with Crippen LogP contribution < -0.4 is 4.90 Å². The lowest BCUT2D eigenvalue weighted by Crippen LogP contribution is -2.44. The highest BCUT2D eigenvalue weighted by Crippen LogP contribution is 2.24. The largest absolute Gasteiger partial charge is 0.368 e. The van der Waals surface area contributed by atoms with Crippen molar-refractivity contribution in [2.24, 2.45) is 0 Å². The predicted molar refractivity (Wildman–Crippen MR) is 85.5 cm³/mol. The SMILES string of the molecule is CC(C)c1ccc2cc(N3CCN(C)CC3)cnc2c1. The highest BCUT2D eigenvalue weighted by Gasteiger charge is 2.14. The molecular formula is C17H23N3. The van der Waals surface area contributed by atoms with E-state index in [0.717, 1.165) is 31.7 Å². The molecule has 106 valence electrons. The smallest absolute Gasteiger partial charge is 0.0706 e. The number of likely N-dealkylation sites (N-methyl/N-ethyl adjacent to an activating group) is 1. The van der Waals surface area contributed by atoms with Gasteiger partial charge in [-0.15, -0.1) is 0 Å². The molecular weight excluding hydrogens is 246 g/mol. The molecule has 2 aromatic rings. The molecule has 0 N–H and O–H groups in total. The lowest BCUT2D eigenvalue weighted by atomic mass is 10.0. The van der Waals surface area contributed by atoms with Crippen molar-refractivity contribution in [1.29, 1.82) is 0 Å². The van der Waals surface area contributed by atoms with E-state index in [0.29, 0.717) is 5.92 Å². The number of hydrogen-bond acceptors (Lipinski definition) is 3. The maximum Gasteiger partial charge on any atom is 0.0706 e. The van der Waals surface area contributed by atoms with Crippen LogP contribution in [0.5, 0.6) is 0 Å². The second-order valence-corrected chi connectivity index (χ2v) is 6.09. The van der Waals surface area contributed by atoms with Crippen molar-refractivity contribution < 1.29 is 0 Å². The molecule has 1 fully saturated rings. The quantitative estimate of drug-likeness (QED) is 0.835. The number of nitrogens with zero attached hydrogens (tertiary/aromatic N) is 3. The molecule has 1 aliphatic rings. The topological polar surface area (TPSA) is 19.4 Å². The van der Waals surface area contributed by atoms with E-state index in [9.17, 15) is 0 Å². The van der Waals surface area contributed by atoms with Crippen LogP contribution in [0.2, 0.25) is 0 Å². The highest BCUT2D eigenvalue weighted by molar-refractivity contribution is 5.82. The molecule has 0 saturated carbocycles. The second-order valence-electron chi connectivity index (χ2n) is 6.09. The minimum Gasteiger partial charge on any atom is -0.368 e. The Bertz CT molecular complexity index is 598. The van der Waals surface area contributed by atoms with Gasteiger partial charge in [-0.2, -0.15) is 0 Å². The van der Waals surface area contributed by atoms with Gasteiger partial charge in [0.25, 0.3) is 0 Å². The van der Waals surface area contributed by atoms with Crippen molar-refractivity contribution >= 4 is 16.6 Å². The lowest BCUT2D eigenvalue weighted by molar-refractivity contribution is 0.313. The Labute approximate surface area is 121 Å². The third kappa shape index (κ3) is 2.63. The minimum absolute atomic E-state index is 0.554. The van der Waals surface area contributed by atoms with Crippen molar-refractivity contribution in [2.75, 3.05) is 38.1 Å². The Morgan fingerprint density at radius 3 is 2.50 bits per heavy atom. The molecule has 1 saturated heterocycles. The normalized spacial score (nSPS) is 17.1. The van der Waals surface area contributed by atoms with Gasteiger partial charge in [0.05, 0.1) is 17.4 Å². The van der Waals surface area contributed by atoms with Gasteiger partial charge in [0.2, 0.25) is 0 Å². The number of aromatic nitrogens is 1. The Morgan fingerprint density at radius 1 is 1.05 bits per heavy atom. The molecule has 0 aliphatic carbocycles. The van der Waals surface area contributed by atoms with Gasteiger partial charge in [0.1, 0.15) is 0 Å². The van der Waals surface area contributed by atoms with E-state index in [4.69, 9.17) is 0 Å². The van der Waals surface area contributed by atoms with Crippen LogP contribution in [0.4, 0.5) is 5.69 Å². The number of piperazine rings is 1. The first-order valence-corrected chi connectivity index (χ1v) is 7.46. The molecule has 2 heterocycles. The summed E-state index contributed by atoms with van der Waals surface area (Å²) >= 11 is 0. The van der Waals surface area contributed by atoms with Crippen molar-refractivity contribution in [1.82, 2.24) is 9.88 Å². The van der Waals surface area contributed by atoms with E-state index in [-0.39, 0.29) is 0 Å². The molecule has 20 heavy (non-hydrogen) atoms. The van der Waals surface area contributed by atoms with Crippen molar-refractivity contribution in [2.45, 2.75) is 19.8 Å². The predicted octanol–water partition coefficient (Wildman–Crippen LogP) is 3.11. The summed E-state index contributed by atoms with van der Waals surface area (Å²) in [7, 11) is 2.18. The average Bonchev–Trinajstić information content (AvgIpc) is 2.47. The monoisotopic (exact) mass is 269 g/mol. The van der Waals surface area contributed by atoms with E-state index in [1.165, 1.54) is 16.6 Å². The lowest BCUT2D eigenvalue weighted by Gasteiger charge is -2.33. The summed E-state index contributed by atoms with van der Waals surface area (Å²) in [6.45, 7) is 8.88. The van der Waals surface area contributed by atoms with E-state index >= 15 is 0 Å². The third-order valence-corrected chi connectivity index (χ3v) is 4.23. The first-order chi connectivity index (χ1) is 9.63. The number of anilines is 1. The second kappa shape index (κ2) is 5.41. The van der Waals surface area contributed by atoms with Crippen molar-refractivity contribution in [3.05, 3.63) is 36.0 Å². The maximum atomic E-state index is 4.66. The van der Waals surface area contributed by atoms with Crippen LogP contribution in [-0.4, -0.2) is 43.1 Å². The van der Waals surface area contributed by atoms with Gasteiger partial charge < -0.3 is 9.80 Å². The first kappa shape index (κ1) is 13.4. The number of pyridine rings is 1. The van der Waals surface area contributed by atoms with Gasteiger partial charge in [-0.3, -0.25) is 4.98 Å². The molecule has 0 amide bonds. The molecule has 0 bridgehead atoms. The summed E-state index contributed by atoms with van der Waals surface area (Å²) in [5, 5.41) is 1.24. The Hall–Kier alpha value is -1.61. The summed E-state index contributed by atoms with van der Waals surface area (Å²) in [5.41, 5.74) is 3.72. The number of hydrogen-bond donors (Lipinski definition) is 0. The summed E-state index contributed by atoms with van der Waals surface area (Å²) < 4.78 is 0. The average molecular weight is 269 g/mol. The van der Waals surface area contributed by atoms with E-state index in [1.807, 2.05) is 6.20 Å². The molecule has 3 rings (SSSR count). The van der Waals surface area contributed by atoms with Gasteiger partial charge in [-0.25, -0.2) is 0 Å². The van der Waals surface area contributed by atoms with Crippen LogP contribution in [0.15, 0.2) is 30.5 Å². The fourth-order valence-electron chi connectivity index (χ4n) is 2.72. The zero-order valence-corrected chi connectivity index (χ0v) is 12.6. The standard InChI is InChI=1S/C17H23N3/c1-13(2)14-4-5-15-10-16(12-18-17(15)11-14)20-8-6-19(3)7-9-20/h4-5,10-13H,6-9H2,1-3H3. The number of benzene rings is 1. The number of fused-ring (bicyclic) bond motifs is 1. The van der Waals surface area contributed by atoms with Gasteiger partial charge in [-0.05, 0) is 30.7 Å². The van der Waals surface area contributed by atoms with Crippen molar-refractivity contribution in [3.63, 3.8) is 0 Å². The molecule has 0 unspecified atom stereocenters. The van der Waals surface area contributed by atoms with Crippen LogP contribution in [-0.2, 0) is 0 Å². The molecule has 1 aromatic carbocycles. The molecule has 3 heteroatoms. The molecule has 0 radical (unpaired) electrons. The van der Waals surface area contributed by atoms with Gasteiger partial charge in [0, 0.05) is 31.6 Å². The maximum absolute atomic E-state index is 4.66. The Balaban J connectivity index is 1.89. The summed E-state index contributed by atoms with van der Waals surface area (Å²) in [6, 6.07) is 8.92. The van der Waals surface area contributed by atoms with Crippen LogP contribution in [0.3, 0.4) is 0 Å². The molecule has 0 spiro atoms. The van der Waals surface area contributed by atoms with Crippen LogP contribution in [0, 0.1) is 0 Å². The third-order valence-electron chi connectivity index (χ3n) is 4.23. The van der Waals surface area contributed by atoms with E-state index in [1.54, 1.807) is 0 Å².